The Kier molecular flexibility index (Phi) is 1.49. The molecule has 12 heavy (non-hydrogen) atoms. The van der Waals surface area contributed by atoms with Crippen molar-refractivity contribution in [1.29, 1.82) is 0 Å². The summed E-state index contributed by atoms with van der Waals surface area (Å²) in [5.74, 6) is 0.606. The molecule has 3 heteroatoms. The zero-order valence-electron chi connectivity index (χ0n) is 7.76. The Hall–Kier alpha value is -0.570. The van der Waals surface area contributed by atoms with Crippen molar-refractivity contribution in [2.45, 2.75) is 32.4 Å². The van der Waals surface area contributed by atoms with Crippen LogP contribution in [-0.4, -0.2) is 25.2 Å². The number of hydrogen-bond acceptors (Lipinski definition) is 3. The van der Waals surface area contributed by atoms with Gasteiger partial charge in [-0.15, -0.1) is 0 Å². The number of rotatable bonds is 1. The topological polar surface area (TPSA) is 38.3 Å². The van der Waals surface area contributed by atoms with E-state index in [0.29, 0.717) is 11.5 Å². The van der Waals surface area contributed by atoms with Crippen LogP contribution in [0.2, 0.25) is 0 Å². The number of carbonyl (C=O) groups excluding carboxylic acids is 1. The summed E-state index contributed by atoms with van der Waals surface area (Å²) in [5, 5.41) is 3.29. The van der Waals surface area contributed by atoms with E-state index in [4.69, 9.17) is 0 Å². The van der Waals surface area contributed by atoms with Crippen LogP contribution in [0.1, 0.15) is 20.3 Å². The number of hydrogen-bond donors (Lipinski definition) is 1. The van der Waals surface area contributed by atoms with Gasteiger partial charge >= 0.3 is 5.97 Å². The zero-order valence-corrected chi connectivity index (χ0v) is 7.76. The van der Waals surface area contributed by atoms with E-state index in [0.717, 1.165) is 12.3 Å². The van der Waals surface area contributed by atoms with Crippen LogP contribution in [0.25, 0.3) is 0 Å². The van der Waals surface area contributed by atoms with Gasteiger partial charge in [0, 0.05) is 6.04 Å². The second kappa shape index (κ2) is 2.22. The summed E-state index contributed by atoms with van der Waals surface area (Å²) < 4.78 is 4.68. The minimum atomic E-state index is -0.115. The van der Waals surface area contributed by atoms with Gasteiger partial charge in [-0.25, -0.2) is 0 Å². The predicted octanol–water partition coefficient (Wildman–Crippen LogP) is 0.546. The summed E-state index contributed by atoms with van der Waals surface area (Å²) in [6, 6.07) is 0.489. The van der Waals surface area contributed by atoms with Gasteiger partial charge in [0.15, 0.2) is 0 Å². The molecule has 0 radical (unpaired) electrons. The molecule has 3 nitrogen and oxygen atoms in total. The van der Waals surface area contributed by atoms with Gasteiger partial charge < -0.3 is 10.1 Å². The molecule has 68 valence electrons. The lowest BCUT2D eigenvalue weighted by Gasteiger charge is -2.13. The smallest absolute Gasteiger partial charge is 0.322 e. The van der Waals surface area contributed by atoms with E-state index in [9.17, 15) is 4.79 Å². The van der Waals surface area contributed by atoms with Crippen LogP contribution in [0.3, 0.4) is 0 Å². The lowest BCUT2D eigenvalue weighted by atomic mass is 9.99. The van der Waals surface area contributed by atoms with Crippen LogP contribution in [0.15, 0.2) is 0 Å². The van der Waals surface area contributed by atoms with E-state index in [1.165, 1.54) is 7.11 Å². The first kappa shape index (κ1) is 8.05. The molecule has 1 saturated carbocycles. The van der Waals surface area contributed by atoms with Gasteiger partial charge in [0.05, 0.1) is 7.11 Å². The maximum Gasteiger partial charge on any atom is 0.322 e. The molecule has 1 saturated heterocycles. The molecular formula is C9H15NO2. The van der Waals surface area contributed by atoms with Crippen molar-refractivity contribution in [2.75, 3.05) is 7.11 Å². The highest BCUT2D eigenvalue weighted by Gasteiger charge is 2.64. The summed E-state index contributed by atoms with van der Waals surface area (Å²) >= 11 is 0. The van der Waals surface area contributed by atoms with Crippen LogP contribution in [0, 0.1) is 11.3 Å². The summed E-state index contributed by atoms with van der Waals surface area (Å²) in [6.45, 7) is 4.46. The first-order chi connectivity index (χ1) is 5.59. The fourth-order valence-corrected chi connectivity index (χ4v) is 2.45. The molecule has 0 aromatic rings. The van der Waals surface area contributed by atoms with E-state index >= 15 is 0 Å². The Morgan fingerprint density at radius 1 is 1.67 bits per heavy atom. The number of carbonyl (C=O) groups is 1. The van der Waals surface area contributed by atoms with Crippen molar-refractivity contribution in [2.24, 2.45) is 11.3 Å². The minimum absolute atomic E-state index is 0.0544. The Morgan fingerprint density at radius 3 is 2.75 bits per heavy atom. The molecule has 0 aromatic heterocycles. The maximum absolute atomic E-state index is 11.1. The number of piperidine rings is 1. The Labute approximate surface area is 72.5 Å². The van der Waals surface area contributed by atoms with Crippen molar-refractivity contribution < 1.29 is 9.53 Å². The highest BCUT2D eigenvalue weighted by atomic mass is 16.5. The molecule has 4 atom stereocenters. The Bertz CT molecular complexity index is 229. The van der Waals surface area contributed by atoms with Gasteiger partial charge in [-0.2, -0.15) is 0 Å². The second-order valence-electron chi connectivity index (χ2n) is 4.22. The van der Waals surface area contributed by atoms with Crippen LogP contribution in [-0.2, 0) is 9.53 Å². The molecular weight excluding hydrogens is 154 g/mol. The fraction of sp³-hybridized carbons (Fsp3) is 0.889. The van der Waals surface area contributed by atoms with Gasteiger partial charge in [0.25, 0.3) is 0 Å². The van der Waals surface area contributed by atoms with Gasteiger partial charge in [0.2, 0.25) is 0 Å². The standard InChI is InChI=1S/C9H15NO2/c1-5-7-9(5,2)4-6(10-7)8(11)12-3/h5-7,10H,4H2,1-3H3/t5-,6+,7+,9-/m1/s1. The quantitative estimate of drug-likeness (QED) is 0.582. The Balaban J connectivity index is 1.99. The summed E-state index contributed by atoms with van der Waals surface area (Å²) in [4.78, 5) is 11.1. The highest BCUT2D eigenvalue weighted by Crippen LogP contribution is 2.59. The summed E-state index contributed by atoms with van der Waals surface area (Å²) in [7, 11) is 1.44. The molecule has 2 rings (SSSR count). The molecule has 0 amide bonds. The van der Waals surface area contributed by atoms with Crippen molar-refractivity contribution in [3.05, 3.63) is 0 Å². The largest absolute Gasteiger partial charge is 0.468 e. The fourth-order valence-electron chi connectivity index (χ4n) is 2.45. The molecule has 0 aromatic carbocycles. The monoisotopic (exact) mass is 169 g/mol. The molecule has 1 aliphatic heterocycles. The van der Waals surface area contributed by atoms with Gasteiger partial charge in [-0.3, -0.25) is 4.79 Å². The molecule has 2 fully saturated rings. The average molecular weight is 169 g/mol. The third-order valence-electron chi connectivity index (χ3n) is 3.65. The van der Waals surface area contributed by atoms with Crippen LogP contribution >= 0.6 is 0 Å². The SMILES string of the molecule is COC(=O)[C@@H]1C[C@]2(C)[C@H](C)[C@@H]2N1. The van der Waals surface area contributed by atoms with Gasteiger partial charge in [-0.05, 0) is 17.8 Å². The average Bonchev–Trinajstić information content (AvgIpc) is 2.49. The van der Waals surface area contributed by atoms with Crippen molar-refractivity contribution in [3.63, 3.8) is 0 Å². The van der Waals surface area contributed by atoms with E-state index in [1.54, 1.807) is 0 Å². The lowest BCUT2D eigenvalue weighted by Crippen LogP contribution is -2.35. The minimum Gasteiger partial charge on any atom is -0.468 e. The molecule has 1 N–H and O–H groups in total. The van der Waals surface area contributed by atoms with Crippen molar-refractivity contribution in [3.8, 4) is 0 Å². The molecule has 0 unspecified atom stereocenters. The van der Waals surface area contributed by atoms with E-state index in [-0.39, 0.29) is 12.0 Å². The normalized spacial score (nSPS) is 50.1. The third kappa shape index (κ3) is 0.829. The zero-order chi connectivity index (χ0) is 8.93. The summed E-state index contributed by atoms with van der Waals surface area (Å²) in [5.41, 5.74) is 0.360. The number of esters is 1. The van der Waals surface area contributed by atoms with E-state index in [1.807, 2.05) is 0 Å². The summed E-state index contributed by atoms with van der Waals surface area (Å²) in [6.07, 6.45) is 0.936. The number of nitrogens with one attached hydrogen (secondary N) is 1. The van der Waals surface area contributed by atoms with Gasteiger partial charge in [0.1, 0.15) is 6.04 Å². The number of ether oxygens (including phenoxy) is 1. The van der Waals surface area contributed by atoms with E-state index < -0.39 is 0 Å². The third-order valence-corrected chi connectivity index (χ3v) is 3.65. The number of methoxy groups -OCH3 is 1. The van der Waals surface area contributed by atoms with Crippen LogP contribution in [0.4, 0.5) is 0 Å². The Morgan fingerprint density at radius 2 is 2.33 bits per heavy atom. The van der Waals surface area contributed by atoms with Crippen molar-refractivity contribution >= 4 is 5.97 Å². The highest BCUT2D eigenvalue weighted by molar-refractivity contribution is 5.76. The predicted molar refractivity (Wildman–Crippen MR) is 44.6 cm³/mol. The molecule has 1 heterocycles. The van der Waals surface area contributed by atoms with Gasteiger partial charge in [-0.1, -0.05) is 13.8 Å². The molecule has 2 aliphatic rings. The number of fused-ring (bicyclic) bond motifs is 1. The first-order valence-corrected chi connectivity index (χ1v) is 4.43. The van der Waals surface area contributed by atoms with Crippen LogP contribution < -0.4 is 5.32 Å². The molecule has 1 aliphatic carbocycles. The van der Waals surface area contributed by atoms with Crippen LogP contribution in [0.5, 0.6) is 0 Å². The molecule has 0 bridgehead atoms. The second-order valence-corrected chi connectivity index (χ2v) is 4.22. The lowest BCUT2D eigenvalue weighted by molar-refractivity contribution is -0.143. The molecule has 0 spiro atoms. The first-order valence-electron chi connectivity index (χ1n) is 4.43. The maximum atomic E-state index is 11.1. The van der Waals surface area contributed by atoms with Crippen molar-refractivity contribution in [1.82, 2.24) is 5.32 Å². The van der Waals surface area contributed by atoms with E-state index in [2.05, 4.69) is 23.9 Å².